The van der Waals surface area contributed by atoms with Crippen molar-refractivity contribution in [2.24, 2.45) is 5.10 Å². The minimum absolute atomic E-state index is 0.169. The van der Waals surface area contributed by atoms with E-state index in [1.54, 1.807) is 54.6 Å². The monoisotopic (exact) mass is 485 g/mol. The average Bonchev–Trinajstić information content (AvgIpc) is 2.81. The summed E-state index contributed by atoms with van der Waals surface area (Å²) >= 11 is 12.0. The molecule has 33 heavy (non-hydrogen) atoms. The number of ether oxygens (including phenoxy) is 2. The van der Waals surface area contributed by atoms with Crippen molar-refractivity contribution in [3.8, 4) is 11.5 Å². The van der Waals surface area contributed by atoms with Crippen molar-refractivity contribution in [1.82, 2.24) is 5.43 Å². The number of methoxy groups -OCH3 is 1. The van der Waals surface area contributed by atoms with Gasteiger partial charge in [0, 0.05) is 0 Å². The molecule has 0 aliphatic heterocycles. The molecule has 8 nitrogen and oxygen atoms in total. The number of carbonyl (C=O) groups excluding carboxylic acids is 3. The normalized spacial score (nSPS) is 10.5. The SMILES string of the molecule is COc1cc(C=NNC(=O)C(=O)Nc2ccccc2Cl)ccc1OC(=O)c1ccccc1Cl. The van der Waals surface area contributed by atoms with E-state index in [1.807, 2.05) is 0 Å². The third-order valence-electron chi connectivity index (χ3n) is 4.19. The topological polar surface area (TPSA) is 106 Å². The van der Waals surface area contributed by atoms with Crippen LogP contribution < -0.4 is 20.2 Å². The molecule has 0 heterocycles. The van der Waals surface area contributed by atoms with Gasteiger partial charge in [-0.1, -0.05) is 47.5 Å². The number of amides is 2. The third-order valence-corrected chi connectivity index (χ3v) is 4.85. The Bertz CT molecular complexity index is 1230. The Kier molecular flexibility index (Phi) is 8.01. The summed E-state index contributed by atoms with van der Waals surface area (Å²) < 4.78 is 10.6. The number of halogens is 2. The second kappa shape index (κ2) is 11.1. The lowest BCUT2D eigenvalue weighted by Crippen LogP contribution is -2.32. The van der Waals surface area contributed by atoms with Crippen LogP contribution in [0.5, 0.6) is 11.5 Å². The number of nitrogens with zero attached hydrogens (tertiary/aromatic N) is 1. The van der Waals surface area contributed by atoms with Crippen LogP contribution in [-0.4, -0.2) is 31.1 Å². The lowest BCUT2D eigenvalue weighted by molar-refractivity contribution is -0.136. The van der Waals surface area contributed by atoms with Crippen molar-refractivity contribution < 1.29 is 23.9 Å². The first-order valence-corrected chi connectivity index (χ1v) is 10.2. The summed E-state index contributed by atoms with van der Waals surface area (Å²) in [5.74, 6) is -2.13. The van der Waals surface area contributed by atoms with Gasteiger partial charge in [-0.15, -0.1) is 0 Å². The molecule has 0 fully saturated rings. The van der Waals surface area contributed by atoms with Gasteiger partial charge in [-0.05, 0) is 48.0 Å². The molecule has 3 aromatic carbocycles. The van der Waals surface area contributed by atoms with Gasteiger partial charge in [0.25, 0.3) is 0 Å². The number of hydrogen-bond donors (Lipinski definition) is 2. The number of carbonyl (C=O) groups is 3. The van der Waals surface area contributed by atoms with Gasteiger partial charge < -0.3 is 14.8 Å². The minimum atomic E-state index is -0.983. The predicted octanol–water partition coefficient (Wildman–Crippen LogP) is 4.31. The van der Waals surface area contributed by atoms with E-state index in [9.17, 15) is 14.4 Å². The van der Waals surface area contributed by atoms with Crippen LogP contribution in [-0.2, 0) is 9.59 Å². The maximum absolute atomic E-state index is 12.4. The first-order chi connectivity index (χ1) is 15.9. The lowest BCUT2D eigenvalue weighted by Gasteiger charge is -2.10. The molecule has 0 aromatic heterocycles. The Morgan fingerprint density at radius 3 is 2.27 bits per heavy atom. The Labute approximate surface area is 199 Å². The first kappa shape index (κ1) is 23.8. The number of esters is 1. The zero-order valence-corrected chi connectivity index (χ0v) is 18.7. The number of hydrazone groups is 1. The lowest BCUT2D eigenvalue weighted by atomic mass is 10.2. The fourth-order valence-electron chi connectivity index (χ4n) is 2.59. The average molecular weight is 486 g/mol. The van der Waals surface area contributed by atoms with Gasteiger partial charge >= 0.3 is 17.8 Å². The highest BCUT2D eigenvalue weighted by atomic mass is 35.5. The molecule has 2 N–H and O–H groups in total. The number of para-hydroxylation sites is 1. The van der Waals surface area contributed by atoms with Gasteiger partial charge in [0.15, 0.2) is 11.5 Å². The summed E-state index contributed by atoms with van der Waals surface area (Å²) in [6.45, 7) is 0. The highest BCUT2D eigenvalue weighted by Crippen LogP contribution is 2.29. The van der Waals surface area contributed by atoms with E-state index >= 15 is 0 Å². The zero-order valence-electron chi connectivity index (χ0n) is 17.2. The van der Waals surface area contributed by atoms with Gasteiger partial charge in [0.2, 0.25) is 0 Å². The second-order valence-corrected chi connectivity index (χ2v) is 7.23. The minimum Gasteiger partial charge on any atom is -0.493 e. The molecule has 0 unspecified atom stereocenters. The van der Waals surface area contributed by atoms with Crippen molar-refractivity contribution >= 4 is 52.9 Å². The van der Waals surface area contributed by atoms with E-state index in [0.29, 0.717) is 16.3 Å². The first-order valence-electron chi connectivity index (χ1n) is 9.42. The van der Waals surface area contributed by atoms with Crippen LogP contribution in [0.1, 0.15) is 15.9 Å². The van der Waals surface area contributed by atoms with Gasteiger partial charge in [0.1, 0.15) is 0 Å². The Balaban J connectivity index is 1.62. The zero-order chi connectivity index (χ0) is 23.8. The number of anilines is 1. The van der Waals surface area contributed by atoms with Crippen LogP contribution in [0, 0.1) is 0 Å². The molecule has 0 radical (unpaired) electrons. The van der Waals surface area contributed by atoms with Crippen molar-refractivity contribution in [2.45, 2.75) is 0 Å². The Morgan fingerprint density at radius 2 is 1.58 bits per heavy atom. The largest absolute Gasteiger partial charge is 0.493 e. The fraction of sp³-hybridized carbons (Fsp3) is 0.0435. The standard InChI is InChI=1S/C23H17Cl2N3O5/c1-32-20-12-14(10-11-19(20)33-23(31)15-6-2-3-7-16(15)24)13-26-28-22(30)21(29)27-18-9-5-4-8-17(18)25/h2-13H,1H3,(H,27,29)(H,28,30). The van der Waals surface area contributed by atoms with Gasteiger partial charge in [-0.25, -0.2) is 10.2 Å². The summed E-state index contributed by atoms with van der Waals surface area (Å²) in [6.07, 6.45) is 1.29. The van der Waals surface area contributed by atoms with E-state index in [2.05, 4.69) is 15.8 Å². The summed E-state index contributed by atoms with van der Waals surface area (Å²) in [7, 11) is 1.41. The molecular weight excluding hydrogens is 469 g/mol. The van der Waals surface area contributed by atoms with E-state index in [1.165, 1.54) is 25.5 Å². The van der Waals surface area contributed by atoms with Crippen LogP contribution in [0.2, 0.25) is 10.0 Å². The number of rotatable bonds is 6. The van der Waals surface area contributed by atoms with E-state index in [-0.39, 0.29) is 22.1 Å². The van der Waals surface area contributed by atoms with Crippen LogP contribution >= 0.6 is 23.2 Å². The number of hydrogen-bond acceptors (Lipinski definition) is 6. The molecule has 0 spiro atoms. The summed E-state index contributed by atoms with van der Waals surface area (Å²) in [5.41, 5.74) is 3.14. The Hall–Kier alpha value is -3.88. The third kappa shape index (κ3) is 6.31. The number of benzene rings is 3. The molecule has 10 heteroatoms. The summed E-state index contributed by atoms with van der Waals surface area (Å²) in [6, 6.07) is 17.6. The maximum atomic E-state index is 12.4. The van der Waals surface area contributed by atoms with Crippen LogP contribution in [0.3, 0.4) is 0 Å². The highest BCUT2D eigenvalue weighted by Gasteiger charge is 2.16. The number of nitrogens with one attached hydrogen (secondary N) is 2. The molecule has 2 amide bonds. The fourth-order valence-corrected chi connectivity index (χ4v) is 2.98. The van der Waals surface area contributed by atoms with Crippen LogP contribution in [0.4, 0.5) is 5.69 Å². The van der Waals surface area contributed by atoms with Crippen LogP contribution in [0.15, 0.2) is 71.8 Å². The van der Waals surface area contributed by atoms with Crippen molar-refractivity contribution in [1.29, 1.82) is 0 Å². The molecule has 0 bridgehead atoms. The second-order valence-electron chi connectivity index (χ2n) is 6.41. The van der Waals surface area contributed by atoms with Crippen molar-refractivity contribution in [3.05, 3.63) is 87.9 Å². The van der Waals surface area contributed by atoms with Gasteiger partial charge in [-0.2, -0.15) is 5.10 Å². The molecule has 0 aliphatic rings. The van der Waals surface area contributed by atoms with Gasteiger partial charge in [0.05, 0.1) is 34.6 Å². The predicted molar refractivity (Wildman–Crippen MR) is 125 cm³/mol. The highest BCUT2D eigenvalue weighted by molar-refractivity contribution is 6.41. The quantitative estimate of drug-likeness (QED) is 0.178. The molecule has 0 atom stereocenters. The summed E-state index contributed by atoms with van der Waals surface area (Å²) in [5, 5.41) is 6.70. The van der Waals surface area contributed by atoms with E-state index in [4.69, 9.17) is 32.7 Å². The molecule has 168 valence electrons. The Morgan fingerprint density at radius 1 is 0.879 bits per heavy atom. The molecule has 0 saturated heterocycles. The molecule has 3 aromatic rings. The van der Waals surface area contributed by atoms with Crippen molar-refractivity contribution in [2.75, 3.05) is 12.4 Å². The molecular formula is C23H17Cl2N3O5. The van der Waals surface area contributed by atoms with Crippen molar-refractivity contribution in [3.63, 3.8) is 0 Å². The van der Waals surface area contributed by atoms with E-state index in [0.717, 1.165) is 0 Å². The maximum Gasteiger partial charge on any atom is 0.345 e. The summed E-state index contributed by atoms with van der Waals surface area (Å²) in [4.78, 5) is 36.3. The smallest absolute Gasteiger partial charge is 0.345 e. The van der Waals surface area contributed by atoms with Crippen LogP contribution in [0.25, 0.3) is 0 Å². The molecule has 0 aliphatic carbocycles. The molecule has 3 rings (SSSR count). The molecule has 0 saturated carbocycles. The van der Waals surface area contributed by atoms with Gasteiger partial charge in [-0.3, -0.25) is 9.59 Å². The van der Waals surface area contributed by atoms with E-state index < -0.39 is 17.8 Å².